The molecule has 2 fully saturated rings. The number of carboxylic acids is 1. The molecule has 104 valence electrons. The fraction of sp³-hybridized carbons (Fsp3) is 0.933. The minimum atomic E-state index is -0.644. The molecule has 1 N–H and O–H groups in total. The Hall–Kier alpha value is -0.570. The van der Waals surface area contributed by atoms with Crippen LogP contribution in [0.1, 0.15) is 65.7 Å². The van der Waals surface area contributed by atoms with Crippen molar-refractivity contribution in [3.63, 3.8) is 0 Å². The molecule has 3 heteroatoms. The van der Waals surface area contributed by atoms with E-state index in [9.17, 15) is 9.90 Å². The third-order valence-electron chi connectivity index (χ3n) is 5.34. The minimum Gasteiger partial charge on any atom is -0.481 e. The van der Waals surface area contributed by atoms with Crippen molar-refractivity contribution in [1.29, 1.82) is 0 Å². The third-order valence-corrected chi connectivity index (χ3v) is 5.34. The molecule has 1 saturated carbocycles. The van der Waals surface area contributed by atoms with E-state index < -0.39 is 11.4 Å². The highest BCUT2D eigenvalue weighted by atomic mass is 16.6. The van der Waals surface area contributed by atoms with Crippen LogP contribution in [-0.2, 0) is 9.53 Å². The minimum absolute atomic E-state index is 0.107. The zero-order valence-electron chi connectivity index (χ0n) is 11.9. The number of fused-ring (bicyclic) bond motifs is 1. The lowest BCUT2D eigenvalue weighted by Gasteiger charge is -2.46. The largest absolute Gasteiger partial charge is 0.481 e. The van der Waals surface area contributed by atoms with Gasteiger partial charge in [-0.25, -0.2) is 0 Å². The van der Waals surface area contributed by atoms with Crippen LogP contribution in [0.4, 0.5) is 0 Å². The molecule has 0 radical (unpaired) electrons. The first kappa shape index (κ1) is 13.9. The number of unbranched alkanes of at least 4 members (excludes halogenated alkanes) is 3. The molecule has 1 aliphatic carbocycles. The molecule has 0 aromatic rings. The zero-order valence-corrected chi connectivity index (χ0v) is 11.9. The van der Waals surface area contributed by atoms with Gasteiger partial charge in [-0.1, -0.05) is 39.5 Å². The summed E-state index contributed by atoms with van der Waals surface area (Å²) < 4.78 is 5.58. The summed E-state index contributed by atoms with van der Waals surface area (Å²) in [5.74, 6) is -0.644. The Labute approximate surface area is 110 Å². The molecule has 3 nitrogen and oxygen atoms in total. The lowest BCUT2D eigenvalue weighted by molar-refractivity contribution is -0.159. The van der Waals surface area contributed by atoms with Crippen LogP contribution in [0.2, 0.25) is 0 Å². The summed E-state index contributed by atoms with van der Waals surface area (Å²) in [5.41, 5.74) is -0.721. The lowest BCUT2D eigenvalue weighted by atomic mass is 9.56. The van der Waals surface area contributed by atoms with Crippen molar-refractivity contribution < 1.29 is 14.6 Å². The SMILES string of the molecule is CCCCCCC1(C)CC2OC2CC1(C)C(=O)O. The van der Waals surface area contributed by atoms with E-state index in [1.54, 1.807) is 0 Å². The molecule has 2 aliphatic rings. The summed E-state index contributed by atoms with van der Waals surface area (Å²) in [6.45, 7) is 6.28. The van der Waals surface area contributed by atoms with Gasteiger partial charge in [-0.2, -0.15) is 0 Å². The fourth-order valence-electron chi connectivity index (χ4n) is 3.52. The molecule has 1 heterocycles. The molecule has 0 aromatic heterocycles. The van der Waals surface area contributed by atoms with Gasteiger partial charge < -0.3 is 9.84 Å². The summed E-state index contributed by atoms with van der Waals surface area (Å²) in [6, 6.07) is 0. The Morgan fingerprint density at radius 3 is 2.50 bits per heavy atom. The van der Waals surface area contributed by atoms with Gasteiger partial charge in [0.2, 0.25) is 0 Å². The van der Waals surface area contributed by atoms with E-state index in [1.165, 1.54) is 19.3 Å². The Kier molecular flexibility index (Phi) is 3.72. The monoisotopic (exact) mass is 254 g/mol. The molecule has 0 bridgehead atoms. The van der Waals surface area contributed by atoms with Gasteiger partial charge >= 0.3 is 5.97 Å². The van der Waals surface area contributed by atoms with Gasteiger partial charge in [0.15, 0.2) is 0 Å². The third kappa shape index (κ3) is 2.29. The van der Waals surface area contributed by atoms with Gasteiger partial charge in [-0.3, -0.25) is 4.79 Å². The summed E-state index contributed by atoms with van der Waals surface area (Å²) in [5, 5.41) is 9.62. The van der Waals surface area contributed by atoms with Crippen molar-refractivity contribution in [2.24, 2.45) is 10.8 Å². The number of hydrogen-bond donors (Lipinski definition) is 1. The van der Waals surface area contributed by atoms with Crippen LogP contribution in [0, 0.1) is 10.8 Å². The molecule has 1 aliphatic heterocycles. The summed E-state index contributed by atoms with van der Waals surface area (Å²) in [6.07, 6.45) is 8.03. The first-order valence-electron chi connectivity index (χ1n) is 7.32. The highest BCUT2D eigenvalue weighted by Crippen LogP contribution is 2.58. The summed E-state index contributed by atoms with van der Waals surface area (Å²) >= 11 is 0. The number of ether oxygens (including phenoxy) is 1. The molecule has 18 heavy (non-hydrogen) atoms. The second kappa shape index (κ2) is 4.84. The van der Waals surface area contributed by atoms with E-state index in [-0.39, 0.29) is 11.5 Å². The molecular formula is C15H26O3. The number of aliphatic carboxylic acids is 1. The first-order chi connectivity index (χ1) is 8.43. The second-order valence-corrected chi connectivity index (χ2v) is 6.63. The quantitative estimate of drug-likeness (QED) is 0.582. The van der Waals surface area contributed by atoms with Gasteiger partial charge in [-0.15, -0.1) is 0 Å². The van der Waals surface area contributed by atoms with E-state index in [0.717, 1.165) is 19.3 Å². The van der Waals surface area contributed by atoms with Crippen LogP contribution >= 0.6 is 0 Å². The topological polar surface area (TPSA) is 49.8 Å². The molecule has 0 amide bonds. The smallest absolute Gasteiger partial charge is 0.310 e. The second-order valence-electron chi connectivity index (χ2n) is 6.63. The van der Waals surface area contributed by atoms with E-state index in [1.807, 2.05) is 6.92 Å². The van der Waals surface area contributed by atoms with Gasteiger partial charge in [0.25, 0.3) is 0 Å². The van der Waals surface area contributed by atoms with Gasteiger partial charge in [0.05, 0.1) is 17.6 Å². The summed E-state index contributed by atoms with van der Waals surface area (Å²) in [4.78, 5) is 11.7. The average molecular weight is 254 g/mol. The molecule has 0 spiro atoms. The standard InChI is InChI=1S/C15H26O3/c1-4-5-6-7-8-14(2)9-11-12(18-11)10-15(14,3)13(16)17/h11-12H,4-10H2,1-3H3,(H,16,17). The zero-order chi connectivity index (χ0) is 13.4. The number of carbonyl (C=O) groups is 1. The number of hydrogen-bond acceptors (Lipinski definition) is 2. The maximum Gasteiger partial charge on any atom is 0.310 e. The molecule has 4 atom stereocenters. The molecular weight excluding hydrogens is 228 g/mol. The van der Waals surface area contributed by atoms with Crippen molar-refractivity contribution >= 4 is 5.97 Å². The molecule has 2 rings (SSSR count). The number of carboxylic acid groups (broad SMARTS) is 1. The van der Waals surface area contributed by atoms with E-state index >= 15 is 0 Å². The van der Waals surface area contributed by atoms with Crippen LogP contribution in [0.25, 0.3) is 0 Å². The van der Waals surface area contributed by atoms with Crippen molar-refractivity contribution in [1.82, 2.24) is 0 Å². The number of rotatable bonds is 6. The molecule has 1 saturated heterocycles. The normalized spacial score (nSPS) is 42.4. The Balaban J connectivity index is 2.03. The van der Waals surface area contributed by atoms with Crippen LogP contribution in [0.3, 0.4) is 0 Å². The Bertz CT molecular complexity index is 328. The van der Waals surface area contributed by atoms with Crippen molar-refractivity contribution in [2.75, 3.05) is 0 Å². The van der Waals surface area contributed by atoms with Gasteiger partial charge in [0.1, 0.15) is 0 Å². The van der Waals surface area contributed by atoms with E-state index in [2.05, 4.69) is 13.8 Å². The number of epoxide rings is 1. The average Bonchev–Trinajstić information content (AvgIpc) is 3.02. The fourth-order valence-corrected chi connectivity index (χ4v) is 3.52. The van der Waals surface area contributed by atoms with Crippen LogP contribution in [-0.4, -0.2) is 23.3 Å². The van der Waals surface area contributed by atoms with Crippen LogP contribution in [0.5, 0.6) is 0 Å². The summed E-state index contributed by atoms with van der Waals surface area (Å²) in [7, 11) is 0. The van der Waals surface area contributed by atoms with Crippen LogP contribution in [0.15, 0.2) is 0 Å². The van der Waals surface area contributed by atoms with E-state index in [0.29, 0.717) is 12.5 Å². The maximum atomic E-state index is 11.7. The van der Waals surface area contributed by atoms with Gasteiger partial charge in [-0.05, 0) is 31.6 Å². The Morgan fingerprint density at radius 1 is 1.22 bits per heavy atom. The predicted molar refractivity (Wildman–Crippen MR) is 70.5 cm³/mol. The predicted octanol–water partition coefficient (Wildman–Crippen LogP) is 3.62. The van der Waals surface area contributed by atoms with E-state index in [4.69, 9.17) is 4.74 Å². The lowest BCUT2D eigenvalue weighted by Crippen LogP contribution is -2.48. The highest BCUT2D eigenvalue weighted by Gasteiger charge is 2.62. The molecule has 0 aromatic carbocycles. The van der Waals surface area contributed by atoms with Gasteiger partial charge in [0, 0.05) is 0 Å². The van der Waals surface area contributed by atoms with Crippen LogP contribution < -0.4 is 0 Å². The highest BCUT2D eigenvalue weighted by molar-refractivity contribution is 5.75. The van der Waals surface area contributed by atoms with Crippen molar-refractivity contribution in [2.45, 2.75) is 77.9 Å². The first-order valence-corrected chi connectivity index (χ1v) is 7.32. The molecule has 4 unspecified atom stereocenters. The maximum absolute atomic E-state index is 11.7. The van der Waals surface area contributed by atoms with Crippen molar-refractivity contribution in [3.05, 3.63) is 0 Å². The Morgan fingerprint density at radius 2 is 1.89 bits per heavy atom. The van der Waals surface area contributed by atoms with Crippen molar-refractivity contribution in [3.8, 4) is 0 Å².